The molecular formula is C16H14N2O2S. The SMILES string of the molecule is NC(c1ccc2c(c1)OCCO2)c1cnc2ccsc2c1. The summed E-state index contributed by atoms with van der Waals surface area (Å²) in [6, 6.07) is 9.75. The van der Waals surface area contributed by atoms with Crippen molar-refractivity contribution in [2.24, 2.45) is 5.73 Å². The van der Waals surface area contributed by atoms with Gasteiger partial charge in [0.25, 0.3) is 0 Å². The number of aromatic nitrogens is 1. The molecule has 3 heterocycles. The second-order valence-corrected chi connectivity index (χ2v) is 5.90. The molecule has 4 nitrogen and oxygen atoms in total. The van der Waals surface area contributed by atoms with Crippen LogP contribution in [0, 0.1) is 0 Å². The number of rotatable bonds is 2. The lowest BCUT2D eigenvalue weighted by atomic mass is 10.0. The van der Waals surface area contributed by atoms with E-state index in [1.807, 2.05) is 35.8 Å². The van der Waals surface area contributed by atoms with Crippen LogP contribution >= 0.6 is 11.3 Å². The van der Waals surface area contributed by atoms with Crippen LogP contribution in [0.2, 0.25) is 0 Å². The Balaban J connectivity index is 1.71. The number of nitrogens with two attached hydrogens (primary N) is 1. The van der Waals surface area contributed by atoms with E-state index in [9.17, 15) is 0 Å². The standard InChI is InChI=1S/C16H14N2O2S/c17-16(11-8-15-12(18-9-11)3-6-21-15)10-1-2-13-14(7-10)20-5-4-19-13/h1-3,6-9,16H,4-5,17H2. The largest absolute Gasteiger partial charge is 0.486 e. The molecule has 2 N–H and O–H groups in total. The normalized spacial score (nSPS) is 15.1. The van der Waals surface area contributed by atoms with Crippen molar-refractivity contribution < 1.29 is 9.47 Å². The minimum atomic E-state index is -0.222. The van der Waals surface area contributed by atoms with E-state index < -0.39 is 0 Å². The van der Waals surface area contributed by atoms with E-state index >= 15 is 0 Å². The molecule has 0 radical (unpaired) electrons. The summed E-state index contributed by atoms with van der Waals surface area (Å²) in [5, 5.41) is 2.04. The summed E-state index contributed by atoms with van der Waals surface area (Å²) in [5.41, 5.74) is 9.39. The fraction of sp³-hybridized carbons (Fsp3) is 0.188. The van der Waals surface area contributed by atoms with Gasteiger partial charge in [-0.25, -0.2) is 0 Å². The minimum Gasteiger partial charge on any atom is -0.486 e. The van der Waals surface area contributed by atoms with Crippen molar-refractivity contribution in [2.75, 3.05) is 13.2 Å². The molecule has 21 heavy (non-hydrogen) atoms. The maximum Gasteiger partial charge on any atom is 0.161 e. The predicted molar refractivity (Wildman–Crippen MR) is 83.1 cm³/mol. The van der Waals surface area contributed by atoms with Crippen molar-refractivity contribution in [3.05, 3.63) is 53.0 Å². The number of hydrogen-bond donors (Lipinski definition) is 1. The first-order valence-corrected chi connectivity index (χ1v) is 7.67. The summed E-state index contributed by atoms with van der Waals surface area (Å²) in [5.74, 6) is 1.54. The number of ether oxygens (including phenoxy) is 2. The zero-order valence-corrected chi connectivity index (χ0v) is 12.1. The molecular weight excluding hydrogens is 284 g/mol. The van der Waals surface area contributed by atoms with Crippen LogP contribution < -0.4 is 15.2 Å². The Kier molecular flexibility index (Phi) is 3.02. The number of benzene rings is 1. The highest BCUT2D eigenvalue weighted by Crippen LogP contribution is 2.34. The third-order valence-electron chi connectivity index (χ3n) is 3.61. The Morgan fingerprint density at radius 3 is 2.81 bits per heavy atom. The van der Waals surface area contributed by atoms with Gasteiger partial charge in [-0.3, -0.25) is 4.98 Å². The molecule has 2 aromatic heterocycles. The molecule has 1 atom stereocenters. The summed E-state index contributed by atoms with van der Waals surface area (Å²) in [6.07, 6.45) is 1.84. The summed E-state index contributed by atoms with van der Waals surface area (Å²) in [4.78, 5) is 4.45. The Hall–Kier alpha value is -2.11. The average Bonchev–Trinajstić information content (AvgIpc) is 3.01. The van der Waals surface area contributed by atoms with Gasteiger partial charge in [0.2, 0.25) is 0 Å². The highest BCUT2D eigenvalue weighted by atomic mass is 32.1. The van der Waals surface area contributed by atoms with Gasteiger partial charge in [0.05, 0.1) is 16.3 Å². The van der Waals surface area contributed by atoms with Gasteiger partial charge < -0.3 is 15.2 Å². The van der Waals surface area contributed by atoms with Crippen LogP contribution in [-0.2, 0) is 0 Å². The lowest BCUT2D eigenvalue weighted by Gasteiger charge is -2.20. The van der Waals surface area contributed by atoms with Crippen molar-refractivity contribution in [2.45, 2.75) is 6.04 Å². The second kappa shape index (κ2) is 5.02. The molecule has 4 rings (SSSR count). The first-order valence-electron chi connectivity index (χ1n) is 6.79. The van der Waals surface area contributed by atoms with E-state index in [0.717, 1.165) is 32.8 Å². The van der Waals surface area contributed by atoms with Gasteiger partial charge in [0.1, 0.15) is 13.2 Å². The van der Waals surface area contributed by atoms with E-state index in [2.05, 4.69) is 11.1 Å². The minimum absolute atomic E-state index is 0.222. The van der Waals surface area contributed by atoms with E-state index in [4.69, 9.17) is 15.2 Å². The molecule has 3 aromatic rings. The van der Waals surface area contributed by atoms with Crippen LogP contribution in [0.25, 0.3) is 10.2 Å². The fourth-order valence-corrected chi connectivity index (χ4v) is 3.27. The summed E-state index contributed by atoms with van der Waals surface area (Å²) in [7, 11) is 0. The maximum atomic E-state index is 6.38. The zero-order chi connectivity index (χ0) is 14.2. The topological polar surface area (TPSA) is 57.4 Å². The van der Waals surface area contributed by atoms with Crippen LogP contribution in [0.1, 0.15) is 17.2 Å². The van der Waals surface area contributed by atoms with Crippen LogP contribution in [0.5, 0.6) is 11.5 Å². The average molecular weight is 298 g/mol. The Morgan fingerprint density at radius 1 is 1.05 bits per heavy atom. The van der Waals surface area contributed by atoms with Gasteiger partial charge in [0, 0.05) is 6.20 Å². The van der Waals surface area contributed by atoms with Crippen molar-refractivity contribution in [3.63, 3.8) is 0 Å². The Bertz CT molecular complexity index is 800. The molecule has 0 aliphatic carbocycles. The fourth-order valence-electron chi connectivity index (χ4n) is 2.48. The van der Waals surface area contributed by atoms with Crippen LogP contribution in [-0.4, -0.2) is 18.2 Å². The zero-order valence-electron chi connectivity index (χ0n) is 11.3. The number of pyridine rings is 1. The summed E-state index contributed by atoms with van der Waals surface area (Å²) in [6.45, 7) is 1.17. The molecule has 1 aromatic carbocycles. The first kappa shape index (κ1) is 12.6. The smallest absolute Gasteiger partial charge is 0.161 e. The molecule has 1 aliphatic heterocycles. The van der Waals surface area contributed by atoms with Gasteiger partial charge >= 0.3 is 0 Å². The molecule has 5 heteroatoms. The summed E-state index contributed by atoms with van der Waals surface area (Å²) < 4.78 is 12.3. The molecule has 0 saturated heterocycles. The quantitative estimate of drug-likeness (QED) is 0.790. The van der Waals surface area contributed by atoms with E-state index in [1.54, 1.807) is 11.3 Å². The lowest BCUT2D eigenvalue weighted by molar-refractivity contribution is 0.171. The third-order valence-corrected chi connectivity index (χ3v) is 4.46. The molecule has 106 valence electrons. The lowest BCUT2D eigenvalue weighted by Crippen LogP contribution is -2.17. The van der Waals surface area contributed by atoms with E-state index in [0.29, 0.717) is 13.2 Å². The van der Waals surface area contributed by atoms with Crippen molar-refractivity contribution >= 4 is 21.6 Å². The van der Waals surface area contributed by atoms with Gasteiger partial charge in [-0.2, -0.15) is 0 Å². The predicted octanol–water partition coefficient (Wildman–Crippen LogP) is 3.12. The molecule has 1 unspecified atom stereocenters. The van der Waals surface area contributed by atoms with Gasteiger partial charge in [-0.1, -0.05) is 6.07 Å². The first-order chi connectivity index (χ1) is 10.3. The van der Waals surface area contributed by atoms with Crippen LogP contribution in [0.4, 0.5) is 0 Å². The van der Waals surface area contributed by atoms with Gasteiger partial charge in [0.15, 0.2) is 11.5 Å². The van der Waals surface area contributed by atoms with Crippen molar-refractivity contribution in [3.8, 4) is 11.5 Å². The van der Waals surface area contributed by atoms with E-state index in [-0.39, 0.29) is 6.04 Å². The molecule has 0 fully saturated rings. The number of thiophene rings is 1. The third kappa shape index (κ3) is 2.24. The van der Waals surface area contributed by atoms with Crippen molar-refractivity contribution in [1.29, 1.82) is 0 Å². The molecule has 1 aliphatic rings. The molecule has 0 spiro atoms. The highest BCUT2D eigenvalue weighted by Gasteiger charge is 2.16. The van der Waals surface area contributed by atoms with Crippen LogP contribution in [0.15, 0.2) is 41.9 Å². The molecule has 0 amide bonds. The Labute approximate surface area is 126 Å². The number of fused-ring (bicyclic) bond motifs is 2. The Morgan fingerprint density at radius 2 is 1.90 bits per heavy atom. The monoisotopic (exact) mass is 298 g/mol. The van der Waals surface area contributed by atoms with E-state index in [1.165, 1.54) is 0 Å². The van der Waals surface area contributed by atoms with Gasteiger partial charge in [-0.15, -0.1) is 11.3 Å². The molecule has 0 bridgehead atoms. The van der Waals surface area contributed by atoms with Gasteiger partial charge in [-0.05, 0) is 40.8 Å². The van der Waals surface area contributed by atoms with Crippen LogP contribution in [0.3, 0.4) is 0 Å². The number of hydrogen-bond acceptors (Lipinski definition) is 5. The summed E-state index contributed by atoms with van der Waals surface area (Å²) >= 11 is 1.67. The van der Waals surface area contributed by atoms with Crippen molar-refractivity contribution in [1.82, 2.24) is 4.98 Å². The number of nitrogens with zero attached hydrogens (tertiary/aromatic N) is 1. The second-order valence-electron chi connectivity index (χ2n) is 4.95. The maximum absolute atomic E-state index is 6.38. The highest BCUT2D eigenvalue weighted by molar-refractivity contribution is 7.17. The molecule has 0 saturated carbocycles.